The first kappa shape index (κ1) is 16.5. The molecule has 1 fully saturated rings. The van der Waals surface area contributed by atoms with E-state index in [0.717, 1.165) is 24.9 Å². The summed E-state index contributed by atoms with van der Waals surface area (Å²) in [6.45, 7) is 4.82. The highest BCUT2D eigenvalue weighted by atomic mass is 16.2. The van der Waals surface area contributed by atoms with Crippen LogP contribution in [0.4, 0.5) is 5.69 Å². The van der Waals surface area contributed by atoms with Gasteiger partial charge in [0.1, 0.15) is 0 Å². The highest BCUT2D eigenvalue weighted by Crippen LogP contribution is 2.21. The summed E-state index contributed by atoms with van der Waals surface area (Å²) in [5.41, 5.74) is 12.0. The highest BCUT2D eigenvalue weighted by Gasteiger charge is 2.28. The summed E-state index contributed by atoms with van der Waals surface area (Å²) < 4.78 is 0. The van der Waals surface area contributed by atoms with Gasteiger partial charge in [-0.05, 0) is 50.9 Å². The van der Waals surface area contributed by atoms with Gasteiger partial charge in [-0.2, -0.15) is 0 Å². The summed E-state index contributed by atoms with van der Waals surface area (Å²) in [6.07, 6.45) is 1.79. The molecule has 1 heterocycles. The van der Waals surface area contributed by atoms with Crippen molar-refractivity contribution in [3.63, 3.8) is 0 Å². The van der Waals surface area contributed by atoms with E-state index in [0.29, 0.717) is 12.2 Å². The van der Waals surface area contributed by atoms with E-state index in [1.54, 1.807) is 13.8 Å². The molecule has 0 aliphatic carbocycles. The second-order valence-electron chi connectivity index (χ2n) is 6.41. The molecule has 1 unspecified atom stereocenters. The number of primary amides is 1. The van der Waals surface area contributed by atoms with Crippen LogP contribution in [0.25, 0.3) is 0 Å². The normalized spacial score (nSPS) is 19.1. The van der Waals surface area contributed by atoms with Crippen LogP contribution in [-0.2, 0) is 16.1 Å². The topological polar surface area (TPSA) is 101 Å². The lowest BCUT2D eigenvalue weighted by Gasteiger charge is -2.22. The molecule has 2 amide bonds. The molecule has 1 aliphatic heterocycles. The summed E-state index contributed by atoms with van der Waals surface area (Å²) in [6, 6.07) is 7.38. The summed E-state index contributed by atoms with van der Waals surface area (Å²) in [5, 5.41) is 2.81. The molecule has 1 saturated heterocycles. The van der Waals surface area contributed by atoms with Crippen LogP contribution in [-0.4, -0.2) is 34.8 Å². The van der Waals surface area contributed by atoms with Crippen molar-refractivity contribution in [2.75, 3.05) is 11.9 Å². The van der Waals surface area contributed by atoms with E-state index in [-0.39, 0.29) is 17.9 Å². The van der Waals surface area contributed by atoms with Gasteiger partial charge in [-0.25, -0.2) is 0 Å². The third kappa shape index (κ3) is 4.05. The van der Waals surface area contributed by atoms with Gasteiger partial charge in [-0.3, -0.25) is 14.5 Å². The molecule has 0 aromatic heterocycles. The lowest BCUT2D eigenvalue weighted by Crippen LogP contribution is -2.45. The van der Waals surface area contributed by atoms with Crippen LogP contribution in [0.1, 0.15) is 32.3 Å². The second kappa shape index (κ2) is 6.46. The highest BCUT2D eigenvalue weighted by molar-refractivity contribution is 5.97. The Balaban J connectivity index is 2.06. The van der Waals surface area contributed by atoms with Gasteiger partial charge in [0, 0.05) is 12.2 Å². The van der Waals surface area contributed by atoms with Gasteiger partial charge in [0.15, 0.2) is 0 Å². The molecule has 22 heavy (non-hydrogen) atoms. The number of hydrogen-bond acceptors (Lipinski definition) is 4. The molecular weight excluding hydrogens is 280 g/mol. The van der Waals surface area contributed by atoms with Crippen molar-refractivity contribution < 1.29 is 9.59 Å². The number of nitrogens with one attached hydrogen (secondary N) is 1. The Bertz CT molecular complexity index is 566. The monoisotopic (exact) mass is 304 g/mol. The number of carbonyl (C=O) groups excluding carboxylic acids is 2. The maximum atomic E-state index is 11.9. The summed E-state index contributed by atoms with van der Waals surface area (Å²) in [7, 11) is 0. The number of hydrogen-bond donors (Lipinski definition) is 3. The van der Waals surface area contributed by atoms with E-state index in [4.69, 9.17) is 11.5 Å². The Kier molecular flexibility index (Phi) is 4.83. The average Bonchev–Trinajstić information content (AvgIpc) is 2.86. The molecule has 0 spiro atoms. The summed E-state index contributed by atoms with van der Waals surface area (Å²) >= 11 is 0. The molecule has 0 bridgehead atoms. The number of benzene rings is 1. The number of nitrogens with two attached hydrogens (primary N) is 2. The molecule has 6 heteroatoms. The maximum absolute atomic E-state index is 11.9. The smallest absolute Gasteiger partial charge is 0.243 e. The molecule has 6 nitrogen and oxygen atoms in total. The fraction of sp³-hybridized carbons (Fsp3) is 0.500. The predicted octanol–water partition coefficient (Wildman–Crippen LogP) is 0.812. The average molecular weight is 304 g/mol. The number of rotatable bonds is 5. The van der Waals surface area contributed by atoms with Gasteiger partial charge in [-0.15, -0.1) is 0 Å². The first-order valence-electron chi connectivity index (χ1n) is 7.50. The molecule has 2 rings (SSSR count). The van der Waals surface area contributed by atoms with Crippen LogP contribution in [0.2, 0.25) is 0 Å². The Labute approximate surface area is 130 Å². The minimum atomic E-state index is -0.929. The van der Waals surface area contributed by atoms with E-state index in [9.17, 15) is 9.59 Å². The Morgan fingerprint density at radius 1 is 1.41 bits per heavy atom. The molecule has 0 saturated carbocycles. The Morgan fingerprint density at radius 2 is 2.14 bits per heavy atom. The fourth-order valence-corrected chi connectivity index (χ4v) is 2.61. The van der Waals surface area contributed by atoms with E-state index >= 15 is 0 Å². The molecule has 120 valence electrons. The standard InChI is InChI=1S/C16H24N4O2/c1-16(2,18)15(22)19-12-6-3-5-11(9-12)10-20-8-4-7-13(20)14(17)21/h3,5-6,9,13H,4,7-8,10,18H2,1-2H3,(H2,17,21)(H,19,22). The third-order valence-electron chi connectivity index (χ3n) is 3.85. The van der Waals surface area contributed by atoms with Gasteiger partial charge in [0.25, 0.3) is 0 Å². The van der Waals surface area contributed by atoms with Crippen molar-refractivity contribution in [3.05, 3.63) is 29.8 Å². The van der Waals surface area contributed by atoms with Crippen molar-refractivity contribution in [1.82, 2.24) is 4.90 Å². The molecule has 5 N–H and O–H groups in total. The van der Waals surface area contributed by atoms with Crippen LogP contribution in [0, 0.1) is 0 Å². The van der Waals surface area contributed by atoms with Gasteiger partial charge < -0.3 is 16.8 Å². The minimum Gasteiger partial charge on any atom is -0.368 e. The summed E-state index contributed by atoms with van der Waals surface area (Å²) in [4.78, 5) is 25.4. The van der Waals surface area contributed by atoms with E-state index in [2.05, 4.69) is 10.2 Å². The summed E-state index contributed by atoms with van der Waals surface area (Å²) in [5.74, 6) is -0.507. The van der Waals surface area contributed by atoms with Crippen LogP contribution in [0.3, 0.4) is 0 Å². The SMILES string of the molecule is CC(C)(N)C(=O)Nc1cccc(CN2CCCC2C(N)=O)c1. The zero-order chi connectivity index (χ0) is 16.3. The lowest BCUT2D eigenvalue weighted by atomic mass is 10.1. The zero-order valence-corrected chi connectivity index (χ0v) is 13.1. The van der Waals surface area contributed by atoms with Crippen LogP contribution < -0.4 is 16.8 Å². The maximum Gasteiger partial charge on any atom is 0.243 e. The van der Waals surface area contributed by atoms with E-state index in [1.165, 1.54) is 0 Å². The third-order valence-corrected chi connectivity index (χ3v) is 3.85. The molecule has 1 aromatic carbocycles. The van der Waals surface area contributed by atoms with Gasteiger partial charge in [0.2, 0.25) is 11.8 Å². The number of nitrogens with zero attached hydrogens (tertiary/aromatic N) is 1. The fourth-order valence-electron chi connectivity index (χ4n) is 2.61. The number of likely N-dealkylation sites (tertiary alicyclic amines) is 1. The van der Waals surface area contributed by atoms with Crippen molar-refractivity contribution in [1.29, 1.82) is 0 Å². The van der Waals surface area contributed by atoms with Crippen LogP contribution in [0.5, 0.6) is 0 Å². The number of anilines is 1. The van der Waals surface area contributed by atoms with Crippen LogP contribution in [0.15, 0.2) is 24.3 Å². The first-order chi connectivity index (χ1) is 10.3. The van der Waals surface area contributed by atoms with Crippen LogP contribution >= 0.6 is 0 Å². The quantitative estimate of drug-likeness (QED) is 0.749. The lowest BCUT2D eigenvalue weighted by molar-refractivity contribution is -0.122. The first-order valence-corrected chi connectivity index (χ1v) is 7.50. The minimum absolute atomic E-state index is 0.193. The molecule has 1 aliphatic rings. The van der Waals surface area contributed by atoms with Gasteiger partial charge >= 0.3 is 0 Å². The molecular formula is C16H24N4O2. The molecule has 0 radical (unpaired) electrons. The molecule has 1 aromatic rings. The van der Waals surface area contributed by atoms with E-state index in [1.807, 2.05) is 24.3 Å². The largest absolute Gasteiger partial charge is 0.368 e. The van der Waals surface area contributed by atoms with E-state index < -0.39 is 5.54 Å². The van der Waals surface area contributed by atoms with Gasteiger partial charge in [-0.1, -0.05) is 12.1 Å². The molecule has 1 atom stereocenters. The van der Waals surface area contributed by atoms with Crippen molar-refractivity contribution in [2.24, 2.45) is 11.5 Å². The Morgan fingerprint density at radius 3 is 2.77 bits per heavy atom. The van der Waals surface area contributed by atoms with Crippen molar-refractivity contribution in [3.8, 4) is 0 Å². The number of carbonyl (C=O) groups is 2. The number of amides is 2. The Hall–Kier alpha value is -1.92. The van der Waals surface area contributed by atoms with Crippen molar-refractivity contribution >= 4 is 17.5 Å². The van der Waals surface area contributed by atoms with Crippen molar-refractivity contribution in [2.45, 2.75) is 44.8 Å². The zero-order valence-electron chi connectivity index (χ0n) is 13.1. The predicted molar refractivity (Wildman–Crippen MR) is 86.0 cm³/mol. The second-order valence-corrected chi connectivity index (χ2v) is 6.41. The van der Waals surface area contributed by atoms with Gasteiger partial charge in [0.05, 0.1) is 11.6 Å².